The number of piperazine rings is 1. The molecule has 2 aromatic rings. The van der Waals surface area contributed by atoms with Gasteiger partial charge in [0.2, 0.25) is 0 Å². The number of nitrogens with zero attached hydrogens (tertiary/aromatic N) is 2. The van der Waals surface area contributed by atoms with Gasteiger partial charge in [0, 0.05) is 36.9 Å². The molecule has 0 radical (unpaired) electrons. The minimum Gasteiger partial charge on any atom is -0.397 e. The lowest BCUT2D eigenvalue weighted by Crippen LogP contribution is -2.48. The van der Waals surface area contributed by atoms with Gasteiger partial charge in [0.25, 0.3) is 5.91 Å². The van der Waals surface area contributed by atoms with Crippen LogP contribution in [0.2, 0.25) is 5.02 Å². The third kappa shape index (κ3) is 2.99. The first kappa shape index (κ1) is 14.2. The lowest BCUT2D eigenvalue weighted by atomic mass is 10.2. The molecule has 1 amide bonds. The molecule has 6 heteroatoms. The van der Waals surface area contributed by atoms with Crippen molar-refractivity contribution in [1.82, 2.24) is 4.90 Å². The molecule has 4 nitrogen and oxygen atoms in total. The van der Waals surface area contributed by atoms with Crippen molar-refractivity contribution in [2.24, 2.45) is 0 Å². The van der Waals surface area contributed by atoms with Crippen LogP contribution < -0.4 is 10.6 Å². The van der Waals surface area contributed by atoms with Crippen molar-refractivity contribution in [3.8, 4) is 0 Å². The highest BCUT2D eigenvalue weighted by atomic mass is 35.5. The van der Waals surface area contributed by atoms with Crippen molar-refractivity contribution in [2.75, 3.05) is 36.8 Å². The molecule has 1 fully saturated rings. The van der Waals surface area contributed by atoms with E-state index in [9.17, 15) is 4.79 Å². The molecule has 0 spiro atoms. The highest BCUT2D eigenvalue weighted by molar-refractivity contribution is 7.12. The van der Waals surface area contributed by atoms with Gasteiger partial charge in [-0.3, -0.25) is 4.79 Å². The number of nitrogens with two attached hydrogens (primary N) is 1. The highest BCUT2D eigenvalue weighted by Crippen LogP contribution is 2.24. The lowest BCUT2D eigenvalue weighted by molar-refractivity contribution is 0.0752. The second-order valence-electron chi connectivity index (χ2n) is 4.96. The average Bonchev–Trinajstić information content (AvgIpc) is 2.93. The molecular formula is C15H16ClN3OS. The number of hydrogen-bond donors (Lipinski definition) is 1. The molecule has 0 atom stereocenters. The molecule has 110 valence electrons. The minimum atomic E-state index is 0.0354. The first-order valence-electron chi connectivity index (χ1n) is 6.78. The molecule has 1 aromatic carbocycles. The van der Waals surface area contributed by atoms with E-state index in [0.717, 1.165) is 23.8 Å². The fraction of sp³-hybridized carbons (Fsp3) is 0.267. The molecule has 3 rings (SSSR count). The van der Waals surface area contributed by atoms with E-state index in [1.807, 2.05) is 34.5 Å². The zero-order chi connectivity index (χ0) is 14.8. The van der Waals surface area contributed by atoms with Crippen molar-refractivity contribution in [2.45, 2.75) is 0 Å². The Morgan fingerprint density at radius 2 is 1.95 bits per heavy atom. The number of carbonyl (C=O) groups excluding carboxylic acids is 1. The van der Waals surface area contributed by atoms with Crippen LogP contribution in [0, 0.1) is 0 Å². The quantitative estimate of drug-likeness (QED) is 0.925. The number of hydrogen-bond acceptors (Lipinski definition) is 4. The Hall–Kier alpha value is -1.72. The van der Waals surface area contributed by atoms with Gasteiger partial charge < -0.3 is 15.5 Å². The normalized spacial score (nSPS) is 15.3. The van der Waals surface area contributed by atoms with Gasteiger partial charge in [-0.15, -0.1) is 11.3 Å². The van der Waals surface area contributed by atoms with Gasteiger partial charge in [-0.05, 0) is 29.6 Å². The smallest absolute Gasteiger partial charge is 0.266 e. The molecule has 1 aliphatic rings. The molecular weight excluding hydrogens is 306 g/mol. The Kier molecular flexibility index (Phi) is 4.03. The Morgan fingerprint density at radius 1 is 1.19 bits per heavy atom. The van der Waals surface area contributed by atoms with Crippen LogP contribution in [0.25, 0.3) is 0 Å². The van der Waals surface area contributed by atoms with Crippen LogP contribution in [-0.2, 0) is 0 Å². The van der Waals surface area contributed by atoms with Gasteiger partial charge in [0.15, 0.2) is 0 Å². The van der Waals surface area contributed by atoms with Crippen molar-refractivity contribution < 1.29 is 4.79 Å². The molecule has 0 unspecified atom stereocenters. The number of halogens is 1. The summed E-state index contributed by atoms with van der Waals surface area (Å²) in [5.74, 6) is 0.0354. The summed E-state index contributed by atoms with van der Waals surface area (Å²) in [6.07, 6.45) is 0. The summed E-state index contributed by atoms with van der Waals surface area (Å²) in [5, 5.41) is 2.59. The zero-order valence-corrected chi connectivity index (χ0v) is 13.0. The Morgan fingerprint density at radius 3 is 2.57 bits per heavy atom. The first-order chi connectivity index (χ1) is 10.1. The summed E-state index contributed by atoms with van der Waals surface area (Å²) < 4.78 is 0. The number of amides is 1. The summed E-state index contributed by atoms with van der Waals surface area (Å²) in [6.45, 7) is 3.00. The molecule has 21 heavy (non-hydrogen) atoms. The summed E-state index contributed by atoms with van der Waals surface area (Å²) in [5.41, 5.74) is 7.49. The summed E-state index contributed by atoms with van der Waals surface area (Å²) in [7, 11) is 0. The van der Waals surface area contributed by atoms with Crippen LogP contribution in [0.1, 0.15) is 9.67 Å². The van der Waals surface area contributed by atoms with E-state index in [-0.39, 0.29) is 5.91 Å². The molecule has 0 saturated carbocycles. The van der Waals surface area contributed by atoms with Crippen molar-refractivity contribution in [3.63, 3.8) is 0 Å². The van der Waals surface area contributed by atoms with Crippen molar-refractivity contribution >= 4 is 40.2 Å². The number of rotatable bonds is 2. The SMILES string of the molecule is Nc1ccsc1C(=O)N1CCN(c2cccc(Cl)c2)CC1. The lowest BCUT2D eigenvalue weighted by Gasteiger charge is -2.36. The molecule has 1 aliphatic heterocycles. The van der Waals surface area contributed by atoms with E-state index >= 15 is 0 Å². The summed E-state index contributed by atoms with van der Waals surface area (Å²) in [6, 6.07) is 9.59. The fourth-order valence-electron chi connectivity index (χ4n) is 2.48. The molecule has 0 aliphatic carbocycles. The van der Waals surface area contributed by atoms with Gasteiger partial charge in [0.1, 0.15) is 4.88 Å². The van der Waals surface area contributed by atoms with E-state index < -0.39 is 0 Å². The molecule has 1 saturated heterocycles. The van der Waals surface area contributed by atoms with Gasteiger partial charge >= 0.3 is 0 Å². The standard InChI is InChI=1S/C15H16ClN3OS/c16-11-2-1-3-12(10-11)18-5-7-19(8-6-18)15(20)14-13(17)4-9-21-14/h1-4,9-10H,5-8,17H2. The van der Waals surface area contributed by atoms with Crippen molar-refractivity contribution in [1.29, 1.82) is 0 Å². The fourth-order valence-corrected chi connectivity index (χ4v) is 3.45. The van der Waals surface area contributed by atoms with E-state index in [2.05, 4.69) is 4.90 Å². The number of carbonyl (C=O) groups is 1. The van der Waals surface area contributed by atoms with Crippen LogP contribution in [0.15, 0.2) is 35.7 Å². The highest BCUT2D eigenvalue weighted by Gasteiger charge is 2.24. The predicted octanol–water partition coefficient (Wildman–Crippen LogP) is 2.95. The zero-order valence-electron chi connectivity index (χ0n) is 11.5. The van der Waals surface area contributed by atoms with E-state index in [4.69, 9.17) is 17.3 Å². The topological polar surface area (TPSA) is 49.6 Å². The van der Waals surface area contributed by atoms with Crippen molar-refractivity contribution in [3.05, 3.63) is 45.6 Å². The first-order valence-corrected chi connectivity index (χ1v) is 8.03. The minimum absolute atomic E-state index is 0.0354. The van der Waals surface area contributed by atoms with Crippen LogP contribution in [-0.4, -0.2) is 37.0 Å². The van der Waals surface area contributed by atoms with Gasteiger partial charge in [-0.2, -0.15) is 0 Å². The van der Waals surface area contributed by atoms with Crippen LogP contribution in [0.3, 0.4) is 0 Å². The van der Waals surface area contributed by atoms with E-state index in [1.54, 1.807) is 6.07 Å². The van der Waals surface area contributed by atoms with Gasteiger partial charge in [0.05, 0.1) is 5.69 Å². The number of thiophene rings is 1. The molecule has 2 N–H and O–H groups in total. The van der Waals surface area contributed by atoms with Gasteiger partial charge in [-0.1, -0.05) is 17.7 Å². The van der Waals surface area contributed by atoms with E-state index in [0.29, 0.717) is 23.7 Å². The number of anilines is 2. The van der Waals surface area contributed by atoms with Crippen LogP contribution in [0.4, 0.5) is 11.4 Å². The summed E-state index contributed by atoms with van der Waals surface area (Å²) >= 11 is 7.43. The number of benzene rings is 1. The third-order valence-electron chi connectivity index (χ3n) is 3.63. The Bertz CT molecular complexity index is 650. The van der Waals surface area contributed by atoms with Crippen LogP contribution >= 0.6 is 22.9 Å². The maximum absolute atomic E-state index is 12.4. The largest absolute Gasteiger partial charge is 0.397 e. The monoisotopic (exact) mass is 321 g/mol. The average molecular weight is 322 g/mol. The maximum atomic E-state index is 12.4. The van der Waals surface area contributed by atoms with Gasteiger partial charge in [-0.25, -0.2) is 0 Å². The predicted molar refractivity (Wildman–Crippen MR) is 88.3 cm³/mol. The third-order valence-corrected chi connectivity index (χ3v) is 4.78. The van der Waals surface area contributed by atoms with Crippen LogP contribution in [0.5, 0.6) is 0 Å². The molecule has 1 aromatic heterocycles. The Labute approximate surface area is 132 Å². The number of nitrogen functional groups attached to an aromatic ring is 1. The Balaban J connectivity index is 1.65. The summed E-state index contributed by atoms with van der Waals surface area (Å²) in [4.78, 5) is 17.1. The maximum Gasteiger partial charge on any atom is 0.266 e. The second kappa shape index (κ2) is 5.95. The molecule has 2 heterocycles. The van der Waals surface area contributed by atoms with E-state index in [1.165, 1.54) is 11.3 Å². The second-order valence-corrected chi connectivity index (χ2v) is 6.32. The molecule has 0 bridgehead atoms.